The summed E-state index contributed by atoms with van der Waals surface area (Å²) >= 11 is 1.75. The van der Waals surface area contributed by atoms with Gasteiger partial charge in [0.2, 0.25) is 0 Å². The maximum atomic E-state index is 4.64. The van der Waals surface area contributed by atoms with Gasteiger partial charge in [0, 0.05) is 43.4 Å². The van der Waals surface area contributed by atoms with Crippen LogP contribution in [-0.4, -0.2) is 37.6 Å². The van der Waals surface area contributed by atoms with Gasteiger partial charge in [-0.15, -0.1) is 35.3 Å². The number of benzene rings is 1. The Morgan fingerprint density at radius 2 is 1.93 bits per heavy atom. The molecule has 2 rings (SSSR count). The smallest absolute Gasteiger partial charge is 0.191 e. The van der Waals surface area contributed by atoms with Crippen LogP contribution >= 0.6 is 35.3 Å². The molecule has 0 fully saturated rings. The molecule has 1 heterocycles. The highest BCUT2D eigenvalue weighted by Crippen LogP contribution is 2.14. The molecule has 0 amide bonds. The normalized spacial score (nSPS) is 11.0. The highest BCUT2D eigenvalue weighted by atomic mass is 127. The molecular weight excluding hydrogens is 469 g/mol. The largest absolute Gasteiger partial charge is 0.375 e. The van der Waals surface area contributed by atoms with Gasteiger partial charge in [-0.1, -0.05) is 25.1 Å². The lowest BCUT2D eigenvalue weighted by atomic mass is 10.2. The second-order valence-electron chi connectivity index (χ2n) is 6.16. The molecule has 0 spiro atoms. The van der Waals surface area contributed by atoms with Crippen LogP contribution in [0.2, 0.25) is 0 Å². The highest BCUT2D eigenvalue weighted by molar-refractivity contribution is 14.0. The molecule has 0 unspecified atom stereocenters. The maximum Gasteiger partial charge on any atom is 0.191 e. The van der Waals surface area contributed by atoms with E-state index in [-0.39, 0.29) is 24.0 Å². The minimum Gasteiger partial charge on any atom is -0.375 e. The number of hydrogen-bond donors (Lipinski definition) is 2. The van der Waals surface area contributed by atoms with Gasteiger partial charge < -0.3 is 15.5 Å². The summed E-state index contributed by atoms with van der Waals surface area (Å²) < 4.78 is 0. The predicted molar refractivity (Wildman–Crippen MR) is 129 cm³/mol. The van der Waals surface area contributed by atoms with E-state index in [1.54, 1.807) is 11.3 Å². The maximum absolute atomic E-state index is 4.64. The molecule has 1 aromatic carbocycles. The highest BCUT2D eigenvalue weighted by Gasteiger charge is 2.02. The molecule has 0 aliphatic rings. The molecule has 0 saturated carbocycles. The quantitative estimate of drug-likeness (QED) is 0.221. The number of unbranched alkanes of at least 4 members (excludes halogenated alkanes) is 1. The number of thiazole rings is 1. The Morgan fingerprint density at radius 3 is 2.59 bits per heavy atom. The Hall–Kier alpha value is -1.35. The number of halogens is 1. The average molecular weight is 501 g/mol. The first-order valence-corrected chi connectivity index (χ1v) is 10.3. The van der Waals surface area contributed by atoms with Gasteiger partial charge in [-0.2, -0.15) is 0 Å². The van der Waals surface area contributed by atoms with Crippen molar-refractivity contribution in [3.8, 4) is 0 Å². The van der Waals surface area contributed by atoms with E-state index in [1.165, 1.54) is 10.6 Å². The van der Waals surface area contributed by atoms with Crippen LogP contribution in [0.4, 0.5) is 5.69 Å². The lowest BCUT2D eigenvalue weighted by Gasteiger charge is -2.19. The third-order valence-corrected chi connectivity index (χ3v) is 5.20. The minimum atomic E-state index is 0. The summed E-state index contributed by atoms with van der Waals surface area (Å²) in [6.45, 7) is 7.72. The number of hydrogen-bond acceptors (Lipinski definition) is 4. The molecule has 1 aromatic heterocycles. The van der Waals surface area contributed by atoms with Gasteiger partial charge >= 0.3 is 0 Å². The van der Waals surface area contributed by atoms with Crippen LogP contribution in [0.15, 0.2) is 41.5 Å². The van der Waals surface area contributed by atoms with E-state index in [9.17, 15) is 0 Å². The molecule has 2 aromatic rings. The van der Waals surface area contributed by atoms with Gasteiger partial charge in [0.25, 0.3) is 0 Å². The van der Waals surface area contributed by atoms with Gasteiger partial charge in [0.15, 0.2) is 5.96 Å². The van der Waals surface area contributed by atoms with Crippen LogP contribution in [0.5, 0.6) is 0 Å². The number of nitrogens with zero attached hydrogens (tertiary/aromatic N) is 3. The zero-order valence-electron chi connectivity index (χ0n) is 16.6. The average Bonchev–Trinajstić information content (AvgIpc) is 3.14. The molecule has 2 N–H and O–H groups in total. The molecular formula is C20H32IN5S. The van der Waals surface area contributed by atoms with Crippen LogP contribution in [-0.2, 0) is 13.0 Å². The van der Waals surface area contributed by atoms with Crippen molar-refractivity contribution in [2.75, 3.05) is 31.6 Å². The summed E-state index contributed by atoms with van der Waals surface area (Å²) in [6.07, 6.45) is 5.25. The standard InChI is InChI=1S/C20H31N5S.HI/c1-4-18-15-23-19(26-18)16-24-20(21-5-2)22-13-9-10-14-25(3)17-11-7-6-8-12-17;/h6-8,11-12,15H,4-5,9-10,13-14,16H2,1-3H3,(H2,21,22,24);1H. The fourth-order valence-electron chi connectivity index (χ4n) is 2.57. The molecule has 0 atom stereocenters. The molecule has 0 bridgehead atoms. The molecule has 7 heteroatoms. The van der Waals surface area contributed by atoms with Crippen molar-refractivity contribution in [3.05, 3.63) is 46.4 Å². The van der Waals surface area contributed by atoms with Crippen molar-refractivity contribution in [1.82, 2.24) is 15.6 Å². The lowest BCUT2D eigenvalue weighted by molar-refractivity contribution is 0.687. The van der Waals surface area contributed by atoms with E-state index in [0.717, 1.165) is 49.9 Å². The Labute approximate surface area is 184 Å². The molecule has 0 aliphatic carbocycles. The topological polar surface area (TPSA) is 52.6 Å². The van der Waals surface area contributed by atoms with E-state index in [2.05, 4.69) is 76.7 Å². The van der Waals surface area contributed by atoms with Crippen molar-refractivity contribution in [3.63, 3.8) is 0 Å². The summed E-state index contributed by atoms with van der Waals surface area (Å²) in [7, 11) is 2.15. The number of aliphatic imine (C=N–C) groups is 1. The molecule has 5 nitrogen and oxygen atoms in total. The SMILES string of the molecule is CCNC(=NCc1ncc(CC)s1)NCCCCN(C)c1ccccc1.I. The third kappa shape index (κ3) is 8.92. The number of anilines is 1. The van der Waals surface area contributed by atoms with Crippen LogP contribution in [0.1, 0.15) is 36.6 Å². The summed E-state index contributed by atoms with van der Waals surface area (Å²) in [5.74, 6) is 0.872. The third-order valence-electron chi connectivity index (χ3n) is 4.08. The number of nitrogens with one attached hydrogen (secondary N) is 2. The van der Waals surface area contributed by atoms with Crippen LogP contribution in [0.3, 0.4) is 0 Å². The van der Waals surface area contributed by atoms with Crippen molar-refractivity contribution < 1.29 is 0 Å². The molecule has 0 saturated heterocycles. The Morgan fingerprint density at radius 1 is 1.15 bits per heavy atom. The van der Waals surface area contributed by atoms with Crippen molar-refractivity contribution in [1.29, 1.82) is 0 Å². The van der Waals surface area contributed by atoms with Crippen molar-refractivity contribution >= 4 is 47.0 Å². The van der Waals surface area contributed by atoms with Crippen molar-refractivity contribution in [2.45, 2.75) is 39.7 Å². The van der Waals surface area contributed by atoms with Crippen LogP contribution < -0.4 is 15.5 Å². The summed E-state index contributed by atoms with van der Waals surface area (Å²) in [5.41, 5.74) is 1.27. The van der Waals surface area contributed by atoms with Gasteiger partial charge in [-0.05, 0) is 38.3 Å². The van der Waals surface area contributed by atoms with E-state index < -0.39 is 0 Å². The molecule has 0 aliphatic heterocycles. The van der Waals surface area contributed by atoms with Gasteiger partial charge in [-0.25, -0.2) is 9.98 Å². The number of para-hydroxylation sites is 1. The fourth-order valence-corrected chi connectivity index (χ4v) is 3.35. The minimum absolute atomic E-state index is 0. The fraction of sp³-hybridized carbons (Fsp3) is 0.500. The molecule has 27 heavy (non-hydrogen) atoms. The predicted octanol–water partition coefficient (Wildman–Crippen LogP) is 4.30. The summed E-state index contributed by atoms with van der Waals surface area (Å²) in [4.78, 5) is 12.7. The lowest BCUT2D eigenvalue weighted by Crippen LogP contribution is -2.38. The first kappa shape index (κ1) is 23.7. The van der Waals surface area contributed by atoms with E-state index in [1.807, 2.05) is 6.20 Å². The van der Waals surface area contributed by atoms with Gasteiger partial charge in [-0.3, -0.25) is 0 Å². The van der Waals surface area contributed by atoms with Gasteiger partial charge in [0.05, 0.1) is 6.54 Å². The zero-order chi connectivity index (χ0) is 18.6. The first-order chi connectivity index (χ1) is 12.7. The molecule has 150 valence electrons. The zero-order valence-corrected chi connectivity index (χ0v) is 19.7. The Kier molecular flexibility index (Phi) is 12.1. The van der Waals surface area contributed by atoms with Gasteiger partial charge in [0.1, 0.15) is 5.01 Å². The number of rotatable bonds is 10. The second-order valence-corrected chi connectivity index (χ2v) is 7.36. The second kappa shape index (κ2) is 13.8. The Bertz CT molecular complexity index is 659. The van der Waals surface area contributed by atoms with E-state index in [0.29, 0.717) is 6.54 Å². The first-order valence-electron chi connectivity index (χ1n) is 9.44. The monoisotopic (exact) mass is 501 g/mol. The number of aromatic nitrogens is 1. The van der Waals surface area contributed by atoms with Crippen LogP contribution in [0.25, 0.3) is 0 Å². The Balaban J connectivity index is 0.00000364. The van der Waals surface area contributed by atoms with E-state index in [4.69, 9.17) is 0 Å². The number of guanidine groups is 1. The summed E-state index contributed by atoms with van der Waals surface area (Å²) in [5, 5.41) is 7.80. The molecule has 0 radical (unpaired) electrons. The van der Waals surface area contributed by atoms with Crippen LogP contribution in [0, 0.1) is 0 Å². The van der Waals surface area contributed by atoms with Crippen molar-refractivity contribution in [2.24, 2.45) is 4.99 Å². The number of aryl methyl sites for hydroxylation is 1. The van der Waals surface area contributed by atoms with E-state index >= 15 is 0 Å². The summed E-state index contributed by atoms with van der Waals surface area (Å²) in [6, 6.07) is 10.5.